The number of carbonyl (C=O) groups is 4. The molecule has 1 saturated heterocycles. The molecule has 15 heteroatoms. The second kappa shape index (κ2) is 15.5. The predicted octanol–water partition coefficient (Wildman–Crippen LogP) is 3.63. The summed E-state index contributed by atoms with van der Waals surface area (Å²) in [5.41, 5.74) is 7.34. The lowest BCUT2D eigenvalue weighted by atomic mass is 9.84. The quantitative estimate of drug-likeness (QED) is 0.169. The van der Waals surface area contributed by atoms with E-state index in [1.54, 1.807) is 6.07 Å². The molecule has 0 aliphatic carbocycles. The third-order valence-electron chi connectivity index (χ3n) is 7.15. The van der Waals surface area contributed by atoms with Gasteiger partial charge in [-0.1, -0.05) is 60.7 Å². The number of amidine groups is 1. The molecule has 1 aliphatic rings. The fourth-order valence-corrected chi connectivity index (χ4v) is 6.01. The number of halogens is 3. The first-order valence-corrected chi connectivity index (χ1v) is 15.0. The van der Waals surface area contributed by atoms with E-state index in [0.717, 1.165) is 22.5 Å². The van der Waals surface area contributed by atoms with Crippen LogP contribution in [0.3, 0.4) is 0 Å². The predicted molar refractivity (Wildman–Crippen MR) is 163 cm³/mol. The molecule has 0 radical (unpaired) electrons. The van der Waals surface area contributed by atoms with Crippen LogP contribution in [-0.4, -0.2) is 77.7 Å². The third kappa shape index (κ3) is 9.37. The van der Waals surface area contributed by atoms with Crippen LogP contribution in [0.2, 0.25) is 0 Å². The Morgan fingerprint density at radius 2 is 1.65 bits per heavy atom. The van der Waals surface area contributed by atoms with Crippen LogP contribution in [0, 0.1) is 0 Å². The SMILES string of the molecule is NC(=NC(=O)OCC(F)(F)F)c1ccc(CNC(=O)[C@@H]2CCCN2C(=O)[C@H](NCC(=O)O)C(c2ccccc2)c2ccccc2)s1. The van der Waals surface area contributed by atoms with Gasteiger partial charge in [0.05, 0.1) is 24.0 Å². The van der Waals surface area contributed by atoms with Gasteiger partial charge in [0, 0.05) is 17.3 Å². The van der Waals surface area contributed by atoms with Crippen molar-refractivity contribution in [3.63, 3.8) is 0 Å². The van der Waals surface area contributed by atoms with Crippen molar-refractivity contribution in [3.05, 3.63) is 93.7 Å². The highest BCUT2D eigenvalue weighted by Crippen LogP contribution is 2.31. The maximum atomic E-state index is 14.2. The van der Waals surface area contributed by atoms with Gasteiger partial charge in [-0.2, -0.15) is 18.2 Å². The summed E-state index contributed by atoms with van der Waals surface area (Å²) in [5.74, 6) is -2.83. The molecule has 5 N–H and O–H groups in total. The van der Waals surface area contributed by atoms with E-state index < -0.39 is 61.2 Å². The second-order valence-electron chi connectivity index (χ2n) is 10.4. The first-order valence-electron chi connectivity index (χ1n) is 14.2. The third-order valence-corrected chi connectivity index (χ3v) is 8.26. The van der Waals surface area contributed by atoms with E-state index in [4.69, 9.17) is 5.73 Å². The van der Waals surface area contributed by atoms with Gasteiger partial charge < -0.3 is 25.8 Å². The Balaban J connectivity index is 1.47. The van der Waals surface area contributed by atoms with Crippen LogP contribution in [0.4, 0.5) is 18.0 Å². The topological polar surface area (TPSA) is 163 Å². The van der Waals surface area contributed by atoms with Crippen LogP contribution in [0.1, 0.15) is 39.6 Å². The summed E-state index contributed by atoms with van der Waals surface area (Å²) in [7, 11) is 0. The zero-order valence-corrected chi connectivity index (χ0v) is 25.2. The molecule has 4 rings (SSSR count). The standard InChI is InChI=1S/C31H32F3N5O6S/c32-31(33,34)18-45-30(44)38-27(35)23-14-13-21(46-23)16-37-28(42)22-12-7-15-39(22)29(43)26(36-17-24(40)41)25(19-8-3-1-4-9-19)20-10-5-2-6-11-20/h1-6,8-11,13-14,22,25-26,36H,7,12,15-18H2,(H,37,42)(H,40,41)(H2,35,38,44)/t22-,26+/m0/s1. The Labute approximate surface area is 266 Å². The maximum absolute atomic E-state index is 14.2. The number of carbonyl (C=O) groups excluding carboxylic acids is 3. The highest BCUT2D eigenvalue weighted by atomic mass is 32.1. The van der Waals surface area contributed by atoms with Crippen molar-refractivity contribution in [1.82, 2.24) is 15.5 Å². The molecule has 2 atom stereocenters. The normalized spacial score (nSPS) is 15.9. The van der Waals surface area contributed by atoms with E-state index in [9.17, 15) is 37.5 Å². The molecule has 0 spiro atoms. The Morgan fingerprint density at radius 1 is 1.02 bits per heavy atom. The van der Waals surface area contributed by atoms with Crippen molar-refractivity contribution in [3.8, 4) is 0 Å². The Hall–Kier alpha value is -4.76. The number of hydrogen-bond donors (Lipinski definition) is 4. The molecule has 1 aromatic heterocycles. The van der Waals surface area contributed by atoms with Crippen LogP contribution in [-0.2, 0) is 25.7 Å². The summed E-state index contributed by atoms with van der Waals surface area (Å²) in [6.07, 6.45) is -5.21. The van der Waals surface area contributed by atoms with Crippen molar-refractivity contribution < 1.29 is 42.2 Å². The van der Waals surface area contributed by atoms with Crippen LogP contribution in [0.25, 0.3) is 0 Å². The number of ether oxygens (including phenoxy) is 1. The number of carboxylic acids is 1. The molecule has 3 aromatic rings. The number of nitrogens with two attached hydrogens (primary N) is 1. The smallest absolute Gasteiger partial charge is 0.435 e. The average molecular weight is 660 g/mol. The number of amides is 3. The number of nitrogens with one attached hydrogen (secondary N) is 2. The molecule has 0 unspecified atom stereocenters. The summed E-state index contributed by atoms with van der Waals surface area (Å²) < 4.78 is 40.8. The lowest BCUT2D eigenvalue weighted by Crippen LogP contribution is -2.55. The van der Waals surface area contributed by atoms with Gasteiger partial charge in [-0.25, -0.2) is 4.79 Å². The molecule has 1 aliphatic heterocycles. The number of hydrogen-bond acceptors (Lipinski definition) is 7. The molecule has 1 fully saturated rings. The van der Waals surface area contributed by atoms with Crippen LogP contribution in [0.5, 0.6) is 0 Å². The lowest BCUT2D eigenvalue weighted by Gasteiger charge is -2.33. The minimum Gasteiger partial charge on any atom is -0.480 e. The van der Waals surface area contributed by atoms with Gasteiger partial charge in [0.15, 0.2) is 6.61 Å². The number of likely N-dealkylation sites (tertiary alicyclic amines) is 1. The maximum Gasteiger partial charge on any atom is 0.435 e. The number of alkyl halides is 3. The largest absolute Gasteiger partial charge is 0.480 e. The molecule has 0 bridgehead atoms. The Bertz CT molecular complexity index is 1510. The number of thiophene rings is 1. The van der Waals surface area contributed by atoms with E-state index >= 15 is 0 Å². The molecule has 2 heterocycles. The van der Waals surface area contributed by atoms with E-state index in [2.05, 4.69) is 20.4 Å². The first-order chi connectivity index (χ1) is 21.9. The van der Waals surface area contributed by atoms with Crippen molar-refractivity contribution in [1.29, 1.82) is 0 Å². The van der Waals surface area contributed by atoms with E-state index in [1.165, 1.54) is 11.0 Å². The highest BCUT2D eigenvalue weighted by Gasteiger charge is 2.40. The van der Waals surface area contributed by atoms with Crippen molar-refractivity contribution in [2.45, 2.75) is 43.6 Å². The first kappa shape index (κ1) is 34.1. The Kier molecular flexibility index (Phi) is 11.5. The van der Waals surface area contributed by atoms with Gasteiger partial charge in [0.2, 0.25) is 11.8 Å². The fourth-order valence-electron chi connectivity index (χ4n) is 5.16. The molecule has 2 aromatic carbocycles. The van der Waals surface area contributed by atoms with Crippen molar-refractivity contribution in [2.24, 2.45) is 10.7 Å². The van der Waals surface area contributed by atoms with Gasteiger partial charge in [-0.05, 0) is 36.1 Å². The number of aliphatic carboxylic acids is 1. The minimum absolute atomic E-state index is 0.0468. The summed E-state index contributed by atoms with van der Waals surface area (Å²) in [5, 5.41) is 15.2. The Morgan fingerprint density at radius 3 is 2.24 bits per heavy atom. The van der Waals surface area contributed by atoms with Crippen LogP contribution in [0.15, 0.2) is 77.8 Å². The summed E-state index contributed by atoms with van der Waals surface area (Å²) in [4.78, 5) is 56.3. The molecular formula is C31H32F3N5O6S. The molecule has 11 nitrogen and oxygen atoms in total. The molecule has 244 valence electrons. The second-order valence-corrected chi connectivity index (χ2v) is 11.6. The summed E-state index contributed by atoms with van der Waals surface area (Å²) >= 11 is 1.06. The fraction of sp³-hybridized carbons (Fsp3) is 0.323. The van der Waals surface area contributed by atoms with Crippen LogP contribution < -0.4 is 16.4 Å². The monoisotopic (exact) mass is 659 g/mol. The van der Waals surface area contributed by atoms with Gasteiger partial charge in [0.1, 0.15) is 11.9 Å². The number of rotatable bonds is 12. The average Bonchev–Trinajstić information content (AvgIpc) is 3.72. The van der Waals surface area contributed by atoms with E-state index in [-0.39, 0.29) is 17.3 Å². The minimum atomic E-state index is -4.70. The summed E-state index contributed by atoms with van der Waals surface area (Å²) in [6.45, 7) is -1.91. The summed E-state index contributed by atoms with van der Waals surface area (Å²) in [6, 6.07) is 19.8. The van der Waals surface area contributed by atoms with Gasteiger partial charge in [-0.3, -0.25) is 19.7 Å². The number of benzene rings is 2. The van der Waals surface area contributed by atoms with E-state index in [1.807, 2.05) is 60.7 Å². The molecule has 3 amide bonds. The zero-order valence-electron chi connectivity index (χ0n) is 24.4. The van der Waals surface area contributed by atoms with Crippen LogP contribution >= 0.6 is 11.3 Å². The molecule has 46 heavy (non-hydrogen) atoms. The molecule has 0 saturated carbocycles. The van der Waals surface area contributed by atoms with Gasteiger partial charge >= 0.3 is 18.2 Å². The highest BCUT2D eigenvalue weighted by molar-refractivity contribution is 7.14. The zero-order chi connectivity index (χ0) is 33.3. The number of aliphatic imine (C=N–C) groups is 1. The van der Waals surface area contributed by atoms with Gasteiger partial charge in [-0.15, -0.1) is 11.3 Å². The van der Waals surface area contributed by atoms with E-state index in [0.29, 0.717) is 24.3 Å². The molecular weight excluding hydrogens is 627 g/mol. The van der Waals surface area contributed by atoms with Gasteiger partial charge in [0.25, 0.3) is 0 Å². The lowest BCUT2D eigenvalue weighted by molar-refractivity contribution is -0.159. The number of carboxylic acid groups (broad SMARTS) is 1. The van der Waals surface area contributed by atoms with Crippen molar-refractivity contribution in [2.75, 3.05) is 19.7 Å². The van der Waals surface area contributed by atoms with Crippen molar-refractivity contribution >= 4 is 41.0 Å². The number of nitrogens with zero attached hydrogens (tertiary/aromatic N) is 2.